The topological polar surface area (TPSA) is 42.0 Å². The maximum atomic E-state index is 11.0. The lowest BCUT2D eigenvalue weighted by Crippen LogP contribution is -2.18. The molecule has 0 atom stereocenters. The number of nitrogens with one attached hydrogen (secondary N) is 1. The molecule has 3 heteroatoms. The van der Waals surface area contributed by atoms with Crippen molar-refractivity contribution in [2.45, 2.75) is 26.2 Å². The van der Waals surface area contributed by atoms with Gasteiger partial charge in [0.25, 0.3) is 0 Å². The van der Waals surface area contributed by atoms with Gasteiger partial charge in [-0.3, -0.25) is 9.78 Å². The average Bonchev–Trinajstić information content (AvgIpc) is 2.26. The first kappa shape index (κ1) is 10.7. The zero-order valence-corrected chi connectivity index (χ0v) is 8.71. The minimum Gasteiger partial charge on any atom is -0.359 e. The number of aryl methyl sites for hydroxylation is 2. The Balaban J connectivity index is 2.47. The summed E-state index contributed by atoms with van der Waals surface area (Å²) in [5.74, 6) is 0.0615. The molecule has 3 nitrogen and oxygen atoms in total. The molecule has 0 fully saturated rings. The molecular weight excluding hydrogens is 176 g/mol. The van der Waals surface area contributed by atoms with E-state index in [1.165, 1.54) is 5.56 Å². The number of carbonyl (C=O) groups excluding carboxylic acids is 1. The van der Waals surface area contributed by atoms with Crippen molar-refractivity contribution in [2.24, 2.45) is 0 Å². The molecule has 0 bridgehead atoms. The summed E-state index contributed by atoms with van der Waals surface area (Å²) in [4.78, 5) is 15.2. The van der Waals surface area contributed by atoms with Crippen molar-refractivity contribution < 1.29 is 4.79 Å². The number of amides is 1. The molecule has 1 N–H and O–H groups in total. The minimum absolute atomic E-state index is 0.0615. The van der Waals surface area contributed by atoms with Crippen LogP contribution in [0.15, 0.2) is 18.3 Å². The minimum atomic E-state index is 0.0615. The molecule has 76 valence electrons. The first-order valence-corrected chi connectivity index (χ1v) is 4.90. The third-order valence-electron chi connectivity index (χ3n) is 2.18. The van der Waals surface area contributed by atoms with Crippen LogP contribution in [0.2, 0.25) is 0 Å². The standard InChI is InChI=1S/C11H16N2O/c1-3-9-4-5-10(13-8-9)6-7-11(14)12-2/h4-5,8H,3,6-7H2,1-2H3,(H,12,14). The second-order valence-corrected chi connectivity index (χ2v) is 3.18. The fourth-order valence-electron chi connectivity index (χ4n) is 1.18. The Bertz CT molecular complexity index is 293. The number of carbonyl (C=O) groups is 1. The highest BCUT2D eigenvalue weighted by Gasteiger charge is 2.00. The molecule has 1 heterocycles. The summed E-state index contributed by atoms with van der Waals surface area (Å²) in [7, 11) is 1.65. The highest BCUT2D eigenvalue weighted by atomic mass is 16.1. The van der Waals surface area contributed by atoms with Crippen LogP contribution in [0.4, 0.5) is 0 Å². The van der Waals surface area contributed by atoms with E-state index in [1.54, 1.807) is 7.05 Å². The molecule has 0 unspecified atom stereocenters. The molecular formula is C11H16N2O. The summed E-state index contributed by atoms with van der Waals surface area (Å²) >= 11 is 0. The van der Waals surface area contributed by atoms with Crippen molar-refractivity contribution in [2.75, 3.05) is 7.05 Å². The van der Waals surface area contributed by atoms with Crippen LogP contribution in [0, 0.1) is 0 Å². The lowest BCUT2D eigenvalue weighted by atomic mass is 10.1. The van der Waals surface area contributed by atoms with Crippen LogP contribution in [0.1, 0.15) is 24.6 Å². The number of nitrogens with zero attached hydrogens (tertiary/aromatic N) is 1. The van der Waals surface area contributed by atoms with Crippen molar-refractivity contribution in [1.82, 2.24) is 10.3 Å². The van der Waals surface area contributed by atoms with Gasteiger partial charge in [-0.25, -0.2) is 0 Å². The van der Waals surface area contributed by atoms with E-state index >= 15 is 0 Å². The van der Waals surface area contributed by atoms with Gasteiger partial charge in [-0.1, -0.05) is 13.0 Å². The predicted molar refractivity (Wildman–Crippen MR) is 56.0 cm³/mol. The van der Waals surface area contributed by atoms with Crippen LogP contribution in [-0.4, -0.2) is 17.9 Å². The number of rotatable bonds is 4. The van der Waals surface area contributed by atoms with Gasteiger partial charge in [0.1, 0.15) is 0 Å². The predicted octanol–water partition coefficient (Wildman–Crippen LogP) is 1.32. The zero-order valence-electron chi connectivity index (χ0n) is 8.71. The number of pyridine rings is 1. The zero-order chi connectivity index (χ0) is 10.4. The van der Waals surface area contributed by atoms with E-state index in [0.717, 1.165) is 12.1 Å². The Morgan fingerprint density at radius 1 is 1.50 bits per heavy atom. The van der Waals surface area contributed by atoms with Gasteiger partial charge in [0, 0.05) is 25.4 Å². The molecule has 1 aromatic heterocycles. The molecule has 0 aliphatic rings. The summed E-state index contributed by atoms with van der Waals surface area (Å²) < 4.78 is 0. The van der Waals surface area contributed by atoms with Crippen LogP contribution in [0.3, 0.4) is 0 Å². The molecule has 1 rings (SSSR count). The Morgan fingerprint density at radius 3 is 2.79 bits per heavy atom. The second kappa shape index (κ2) is 5.37. The average molecular weight is 192 g/mol. The van der Waals surface area contributed by atoms with Crippen molar-refractivity contribution in [3.8, 4) is 0 Å². The SMILES string of the molecule is CCc1ccc(CCC(=O)NC)nc1. The molecule has 14 heavy (non-hydrogen) atoms. The molecule has 0 saturated heterocycles. The van der Waals surface area contributed by atoms with E-state index in [2.05, 4.69) is 23.3 Å². The van der Waals surface area contributed by atoms with Gasteiger partial charge >= 0.3 is 0 Å². The highest BCUT2D eigenvalue weighted by molar-refractivity contribution is 5.75. The fraction of sp³-hybridized carbons (Fsp3) is 0.455. The van der Waals surface area contributed by atoms with Crippen molar-refractivity contribution in [3.05, 3.63) is 29.6 Å². The monoisotopic (exact) mass is 192 g/mol. The summed E-state index contributed by atoms with van der Waals surface area (Å²) in [6.07, 6.45) is 4.10. The van der Waals surface area contributed by atoms with E-state index in [9.17, 15) is 4.79 Å². The highest BCUT2D eigenvalue weighted by Crippen LogP contribution is 2.03. The van der Waals surface area contributed by atoms with Crippen molar-refractivity contribution in [1.29, 1.82) is 0 Å². The Kier molecular flexibility index (Phi) is 4.11. The molecule has 0 spiro atoms. The number of hydrogen-bond donors (Lipinski definition) is 1. The van der Waals surface area contributed by atoms with Gasteiger partial charge in [0.2, 0.25) is 5.91 Å². The van der Waals surface area contributed by atoms with Crippen LogP contribution < -0.4 is 5.32 Å². The smallest absolute Gasteiger partial charge is 0.220 e. The Labute approximate surface area is 84.6 Å². The maximum absolute atomic E-state index is 11.0. The fourth-order valence-corrected chi connectivity index (χ4v) is 1.18. The van der Waals surface area contributed by atoms with Crippen LogP contribution in [-0.2, 0) is 17.6 Å². The van der Waals surface area contributed by atoms with Gasteiger partial charge in [-0.15, -0.1) is 0 Å². The lowest BCUT2D eigenvalue weighted by Gasteiger charge is -2.01. The maximum Gasteiger partial charge on any atom is 0.220 e. The van der Waals surface area contributed by atoms with E-state index < -0.39 is 0 Å². The molecule has 1 aromatic rings. The van der Waals surface area contributed by atoms with E-state index in [1.807, 2.05) is 12.3 Å². The summed E-state index contributed by atoms with van der Waals surface area (Å²) in [6.45, 7) is 2.10. The first-order chi connectivity index (χ1) is 6.76. The van der Waals surface area contributed by atoms with E-state index in [-0.39, 0.29) is 5.91 Å². The van der Waals surface area contributed by atoms with Crippen molar-refractivity contribution >= 4 is 5.91 Å². The van der Waals surface area contributed by atoms with Gasteiger partial charge in [-0.05, 0) is 24.5 Å². The second-order valence-electron chi connectivity index (χ2n) is 3.18. The van der Waals surface area contributed by atoms with Gasteiger partial charge < -0.3 is 5.32 Å². The molecule has 0 aliphatic carbocycles. The summed E-state index contributed by atoms with van der Waals surface area (Å²) in [6, 6.07) is 4.05. The van der Waals surface area contributed by atoms with Crippen LogP contribution in [0.25, 0.3) is 0 Å². The molecule has 0 saturated carbocycles. The largest absolute Gasteiger partial charge is 0.359 e. The molecule has 0 radical (unpaired) electrons. The molecule has 1 amide bonds. The Hall–Kier alpha value is -1.38. The number of hydrogen-bond acceptors (Lipinski definition) is 2. The van der Waals surface area contributed by atoms with E-state index in [0.29, 0.717) is 12.8 Å². The van der Waals surface area contributed by atoms with E-state index in [4.69, 9.17) is 0 Å². The van der Waals surface area contributed by atoms with Crippen LogP contribution in [0.5, 0.6) is 0 Å². The normalized spacial score (nSPS) is 9.86. The number of aromatic nitrogens is 1. The molecule has 0 aromatic carbocycles. The summed E-state index contributed by atoms with van der Waals surface area (Å²) in [5.41, 5.74) is 2.21. The molecule has 0 aliphatic heterocycles. The quantitative estimate of drug-likeness (QED) is 0.781. The van der Waals surface area contributed by atoms with Crippen LogP contribution >= 0.6 is 0 Å². The lowest BCUT2D eigenvalue weighted by molar-refractivity contribution is -0.120. The van der Waals surface area contributed by atoms with Gasteiger partial charge in [0.15, 0.2) is 0 Å². The first-order valence-electron chi connectivity index (χ1n) is 4.90. The van der Waals surface area contributed by atoms with Crippen molar-refractivity contribution in [3.63, 3.8) is 0 Å². The summed E-state index contributed by atoms with van der Waals surface area (Å²) in [5, 5.41) is 2.59. The van der Waals surface area contributed by atoms with Gasteiger partial charge in [0.05, 0.1) is 0 Å². The Morgan fingerprint density at radius 2 is 2.29 bits per heavy atom. The third-order valence-corrected chi connectivity index (χ3v) is 2.18. The van der Waals surface area contributed by atoms with Gasteiger partial charge in [-0.2, -0.15) is 0 Å². The third kappa shape index (κ3) is 3.17.